The number of carboxylic acids is 1. The number of alkyl halides is 3. The van der Waals surface area contributed by atoms with Crippen molar-refractivity contribution in [1.82, 2.24) is 25.0 Å². The first-order valence-electron chi connectivity index (χ1n) is 9.90. The van der Waals surface area contributed by atoms with Crippen LogP contribution < -0.4 is 5.32 Å². The number of carbonyl (C=O) groups is 2. The second kappa shape index (κ2) is 10.6. The molecule has 2 N–H and O–H groups in total. The molecule has 13 heteroatoms. The Balaban J connectivity index is 0.000000383. The van der Waals surface area contributed by atoms with Crippen LogP contribution in [0, 0.1) is 6.92 Å². The second-order valence-electron chi connectivity index (χ2n) is 7.28. The van der Waals surface area contributed by atoms with Crippen LogP contribution in [-0.4, -0.2) is 55.9 Å². The zero-order valence-corrected chi connectivity index (χ0v) is 18.4. The minimum Gasteiger partial charge on any atom is -0.475 e. The lowest BCUT2D eigenvalue weighted by Crippen LogP contribution is -2.38. The molecule has 0 fully saturated rings. The summed E-state index contributed by atoms with van der Waals surface area (Å²) in [5, 5.41) is 14.5. The topological polar surface area (TPSA) is 113 Å². The molecular weight excluding hydrogens is 463 g/mol. The van der Waals surface area contributed by atoms with Gasteiger partial charge in [0, 0.05) is 37.3 Å². The normalized spacial score (nSPS) is 15.9. The van der Waals surface area contributed by atoms with Crippen LogP contribution in [0.3, 0.4) is 0 Å². The molecule has 1 amide bonds. The van der Waals surface area contributed by atoms with Crippen molar-refractivity contribution in [2.45, 2.75) is 38.7 Å². The summed E-state index contributed by atoms with van der Waals surface area (Å²) in [6.45, 7) is 5.32. The molecule has 4 rings (SSSR count). The van der Waals surface area contributed by atoms with Crippen molar-refractivity contribution >= 4 is 23.2 Å². The number of halogens is 3. The Labute approximate surface area is 190 Å². The third kappa shape index (κ3) is 6.65. The molecule has 3 aromatic rings. The molecule has 0 bridgehead atoms. The largest absolute Gasteiger partial charge is 0.490 e. The molecule has 1 unspecified atom stereocenters. The van der Waals surface area contributed by atoms with Gasteiger partial charge in [-0.3, -0.25) is 14.4 Å². The predicted octanol–water partition coefficient (Wildman–Crippen LogP) is 3.25. The van der Waals surface area contributed by atoms with E-state index in [1.54, 1.807) is 23.5 Å². The van der Waals surface area contributed by atoms with E-state index in [9.17, 15) is 18.0 Å². The lowest BCUT2D eigenvalue weighted by atomic mass is 10.1. The van der Waals surface area contributed by atoms with Crippen LogP contribution in [0.5, 0.6) is 0 Å². The fourth-order valence-corrected chi connectivity index (χ4v) is 4.15. The maximum atomic E-state index is 12.0. The highest BCUT2D eigenvalue weighted by Gasteiger charge is 2.38. The van der Waals surface area contributed by atoms with E-state index in [4.69, 9.17) is 14.3 Å². The van der Waals surface area contributed by atoms with E-state index in [1.165, 1.54) is 16.8 Å². The summed E-state index contributed by atoms with van der Waals surface area (Å²) in [4.78, 5) is 29.0. The van der Waals surface area contributed by atoms with Gasteiger partial charge < -0.3 is 14.8 Å². The number of nitrogens with zero attached hydrogens (tertiary/aromatic N) is 4. The zero-order valence-electron chi connectivity index (χ0n) is 17.6. The van der Waals surface area contributed by atoms with E-state index < -0.39 is 12.1 Å². The number of hydrogen-bond acceptors (Lipinski definition) is 7. The first-order chi connectivity index (χ1) is 15.6. The highest BCUT2D eigenvalue weighted by atomic mass is 32.1. The molecule has 1 aliphatic rings. The number of thiazole rings is 1. The van der Waals surface area contributed by atoms with Crippen molar-refractivity contribution in [3.63, 3.8) is 0 Å². The number of amides is 1. The summed E-state index contributed by atoms with van der Waals surface area (Å²) in [6.07, 6.45) is -0.907. The van der Waals surface area contributed by atoms with Crippen LogP contribution in [-0.2, 0) is 17.9 Å². The summed E-state index contributed by atoms with van der Waals surface area (Å²) in [6, 6.07) is 5.69. The van der Waals surface area contributed by atoms with E-state index in [0.29, 0.717) is 12.3 Å². The van der Waals surface area contributed by atoms with Crippen molar-refractivity contribution in [3.05, 3.63) is 58.2 Å². The summed E-state index contributed by atoms with van der Waals surface area (Å²) in [7, 11) is 0. The Morgan fingerprint density at radius 3 is 2.73 bits per heavy atom. The fourth-order valence-electron chi connectivity index (χ4n) is 3.33. The lowest BCUT2D eigenvalue weighted by Gasteiger charge is -2.33. The van der Waals surface area contributed by atoms with E-state index >= 15 is 0 Å². The third-order valence-corrected chi connectivity index (χ3v) is 5.84. The summed E-state index contributed by atoms with van der Waals surface area (Å²) in [5.74, 6) is -2.59. The highest BCUT2D eigenvalue weighted by Crippen LogP contribution is 2.25. The number of rotatable bonds is 6. The van der Waals surface area contributed by atoms with E-state index in [0.717, 1.165) is 31.7 Å². The number of aromatic nitrogens is 3. The smallest absolute Gasteiger partial charge is 0.475 e. The zero-order chi connectivity index (χ0) is 24.0. The van der Waals surface area contributed by atoms with Gasteiger partial charge in [-0.2, -0.15) is 18.3 Å². The Bertz CT molecular complexity index is 1060. The van der Waals surface area contributed by atoms with Crippen LogP contribution in [0.15, 0.2) is 40.6 Å². The van der Waals surface area contributed by atoms with Gasteiger partial charge in [-0.15, -0.1) is 11.3 Å². The number of aliphatic carboxylic acids is 1. The molecule has 1 aliphatic heterocycles. The van der Waals surface area contributed by atoms with Gasteiger partial charge >= 0.3 is 12.1 Å². The SMILES string of the molecule is Cc1ncsc1CN1Cc2ccnn2C(CCNC(=O)c2ccco2)C1.O=C(O)C(F)(F)F. The molecule has 0 radical (unpaired) electrons. The van der Waals surface area contributed by atoms with Gasteiger partial charge in [0.05, 0.1) is 29.2 Å². The minimum atomic E-state index is -5.08. The van der Waals surface area contributed by atoms with Crippen molar-refractivity contribution < 1.29 is 32.3 Å². The van der Waals surface area contributed by atoms with Crippen LogP contribution >= 0.6 is 11.3 Å². The van der Waals surface area contributed by atoms with Gasteiger partial charge in [0.1, 0.15) is 0 Å². The number of carboxylic acid groups (broad SMARTS) is 1. The number of aryl methyl sites for hydroxylation is 1. The molecule has 0 aromatic carbocycles. The van der Waals surface area contributed by atoms with Gasteiger partial charge in [-0.25, -0.2) is 9.78 Å². The molecule has 0 saturated carbocycles. The van der Waals surface area contributed by atoms with Gasteiger partial charge in [0.2, 0.25) is 0 Å². The molecule has 3 aromatic heterocycles. The van der Waals surface area contributed by atoms with Crippen molar-refractivity contribution in [2.24, 2.45) is 0 Å². The van der Waals surface area contributed by atoms with Crippen molar-refractivity contribution in [3.8, 4) is 0 Å². The fraction of sp³-hybridized carbons (Fsp3) is 0.400. The molecule has 9 nitrogen and oxygen atoms in total. The average Bonchev–Trinajstić information content (AvgIpc) is 3.50. The monoisotopic (exact) mass is 485 g/mol. The maximum Gasteiger partial charge on any atom is 0.490 e. The molecule has 0 spiro atoms. The standard InChI is InChI=1S/C18H21N5O2S.C2HF3O2/c1-13-17(26-12-20-13)11-22-9-14(23-15(10-22)5-7-21-23)4-6-19-18(24)16-3-2-8-25-16;3-2(4,5)1(6)7/h2-3,5,7-8,12,14H,4,6,9-11H2,1H3,(H,19,24);(H,6,7). The molecule has 178 valence electrons. The van der Waals surface area contributed by atoms with Crippen molar-refractivity contribution in [2.75, 3.05) is 13.1 Å². The van der Waals surface area contributed by atoms with Crippen LogP contribution in [0.2, 0.25) is 0 Å². The highest BCUT2D eigenvalue weighted by molar-refractivity contribution is 7.09. The van der Waals surface area contributed by atoms with Crippen LogP contribution in [0.1, 0.15) is 39.3 Å². The quantitative estimate of drug-likeness (QED) is 0.551. The Morgan fingerprint density at radius 2 is 2.12 bits per heavy atom. The molecule has 1 atom stereocenters. The number of furan rings is 1. The molecular formula is C20H22F3N5O4S. The van der Waals surface area contributed by atoms with Crippen molar-refractivity contribution in [1.29, 1.82) is 0 Å². The Hall–Kier alpha value is -3.19. The Kier molecular flexibility index (Phi) is 7.87. The van der Waals surface area contributed by atoms with Gasteiger partial charge in [0.15, 0.2) is 5.76 Å². The second-order valence-corrected chi connectivity index (χ2v) is 8.22. The summed E-state index contributed by atoms with van der Waals surface area (Å²) < 4.78 is 39.0. The molecule has 33 heavy (non-hydrogen) atoms. The molecule has 0 aliphatic carbocycles. The van der Waals surface area contributed by atoms with E-state index in [1.807, 2.05) is 11.7 Å². The number of nitrogens with one attached hydrogen (secondary N) is 1. The third-order valence-electron chi connectivity index (χ3n) is 4.92. The lowest BCUT2D eigenvalue weighted by molar-refractivity contribution is -0.192. The van der Waals surface area contributed by atoms with Gasteiger partial charge in [0.25, 0.3) is 5.91 Å². The number of fused-ring (bicyclic) bond motifs is 1. The summed E-state index contributed by atoms with van der Waals surface area (Å²) in [5.41, 5.74) is 4.22. The van der Waals surface area contributed by atoms with Crippen LogP contribution in [0.25, 0.3) is 0 Å². The molecule has 0 saturated heterocycles. The van der Waals surface area contributed by atoms with E-state index in [2.05, 4.69) is 38.0 Å². The van der Waals surface area contributed by atoms with Crippen LogP contribution in [0.4, 0.5) is 13.2 Å². The molecule has 4 heterocycles. The van der Waals surface area contributed by atoms with Gasteiger partial charge in [-0.05, 0) is 31.5 Å². The summed E-state index contributed by atoms with van der Waals surface area (Å²) >= 11 is 1.71. The minimum absolute atomic E-state index is 0.177. The number of carbonyl (C=O) groups excluding carboxylic acids is 1. The maximum absolute atomic E-state index is 12.0. The van der Waals surface area contributed by atoms with Gasteiger partial charge in [-0.1, -0.05) is 0 Å². The first-order valence-corrected chi connectivity index (χ1v) is 10.8. The Morgan fingerprint density at radius 1 is 1.36 bits per heavy atom. The number of hydrogen-bond donors (Lipinski definition) is 2. The van der Waals surface area contributed by atoms with E-state index in [-0.39, 0.29) is 11.9 Å². The predicted molar refractivity (Wildman–Crippen MR) is 112 cm³/mol. The average molecular weight is 485 g/mol. The first kappa shape index (κ1) is 24.5.